The largest absolute Gasteiger partial charge is 1.00 e. The van der Waals surface area contributed by atoms with Gasteiger partial charge in [0, 0.05) is 12.1 Å². The van der Waals surface area contributed by atoms with Crippen LogP contribution in [0.1, 0.15) is 18.4 Å². The molecule has 1 aromatic rings. The van der Waals surface area contributed by atoms with Crippen molar-refractivity contribution >= 4 is 0 Å². The van der Waals surface area contributed by atoms with Gasteiger partial charge in [-0.25, -0.2) is 4.57 Å². The molecule has 3 heteroatoms. The quantitative estimate of drug-likeness (QED) is 0.364. The van der Waals surface area contributed by atoms with Crippen molar-refractivity contribution in [2.45, 2.75) is 18.4 Å². The van der Waals surface area contributed by atoms with Crippen LogP contribution in [0.4, 0.5) is 0 Å². The van der Waals surface area contributed by atoms with Crippen molar-refractivity contribution < 1.29 is 33.7 Å². The number of halogens is 1. The Bertz CT molecular complexity index is 334. The predicted octanol–water partition coefficient (Wildman–Crippen LogP) is -1.95. The van der Waals surface area contributed by atoms with Gasteiger partial charge in [0.05, 0.1) is 0 Å². The van der Waals surface area contributed by atoms with Crippen LogP contribution < -0.4 is 28.5 Å². The maximum absolute atomic E-state index is 10.2. The standard InChI is InChI=1S/C11H14NO.HI/c1-12-8-4-10(5-9-12)11(13)6-2-3-7-11;/h2,4-6,8-9,13H,3,7H2,1H3;1H/q+1;/p-1. The normalized spacial score (nSPS) is 24.7. The molecule has 0 spiro atoms. The third-order valence-electron chi connectivity index (χ3n) is 2.56. The van der Waals surface area contributed by atoms with Crippen LogP contribution in [0.5, 0.6) is 0 Å². The molecule has 0 saturated carbocycles. The summed E-state index contributed by atoms with van der Waals surface area (Å²) in [7, 11) is 1.97. The van der Waals surface area contributed by atoms with Crippen LogP contribution >= 0.6 is 0 Å². The molecule has 1 atom stereocenters. The number of aryl methyl sites for hydroxylation is 1. The summed E-state index contributed by atoms with van der Waals surface area (Å²) in [6, 6.07) is 3.94. The van der Waals surface area contributed by atoms with Crippen LogP contribution in [0.2, 0.25) is 0 Å². The van der Waals surface area contributed by atoms with E-state index in [1.165, 1.54) is 0 Å². The first kappa shape index (κ1) is 11.7. The Hall–Kier alpha value is -0.420. The molecule has 14 heavy (non-hydrogen) atoms. The summed E-state index contributed by atoms with van der Waals surface area (Å²) in [4.78, 5) is 0. The van der Waals surface area contributed by atoms with Crippen molar-refractivity contribution in [2.24, 2.45) is 7.05 Å². The number of allylic oxidation sites excluding steroid dienone is 1. The number of nitrogens with zero attached hydrogens (tertiary/aromatic N) is 1. The minimum atomic E-state index is -0.714. The highest BCUT2D eigenvalue weighted by molar-refractivity contribution is 5.26. The van der Waals surface area contributed by atoms with Gasteiger partial charge in [0.25, 0.3) is 0 Å². The Kier molecular flexibility index (Phi) is 3.66. The minimum absolute atomic E-state index is 0. The molecule has 0 fully saturated rings. The average molecular weight is 303 g/mol. The fourth-order valence-corrected chi connectivity index (χ4v) is 1.70. The zero-order chi connectivity index (χ0) is 9.31. The van der Waals surface area contributed by atoms with E-state index in [1.807, 2.05) is 48.3 Å². The molecular weight excluding hydrogens is 289 g/mol. The fourth-order valence-electron chi connectivity index (χ4n) is 1.70. The maximum atomic E-state index is 10.2. The van der Waals surface area contributed by atoms with Crippen LogP contribution in [0.15, 0.2) is 36.7 Å². The molecule has 1 unspecified atom stereocenters. The Labute approximate surface area is 101 Å². The van der Waals surface area contributed by atoms with E-state index in [0.29, 0.717) is 0 Å². The summed E-state index contributed by atoms with van der Waals surface area (Å²) in [6.45, 7) is 0. The van der Waals surface area contributed by atoms with Crippen molar-refractivity contribution in [1.82, 2.24) is 0 Å². The van der Waals surface area contributed by atoms with Gasteiger partial charge in [0.1, 0.15) is 12.6 Å². The lowest BCUT2D eigenvalue weighted by atomic mass is 9.94. The minimum Gasteiger partial charge on any atom is -1.00 e. The van der Waals surface area contributed by atoms with Crippen LogP contribution in [-0.4, -0.2) is 5.11 Å². The number of aromatic nitrogens is 1. The van der Waals surface area contributed by atoms with E-state index >= 15 is 0 Å². The van der Waals surface area contributed by atoms with Crippen molar-refractivity contribution in [1.29, 1.82) is 0 Å². The second-order valence-corrected chi connectivity index (χ2v) is 3.62. The molecule has 2 rings (SSSR count). The predicted molar refractivity (Wildman–Crippen MR) is 49.9 cm³/mol. The molecule has 0 aromatic carbocycles. The number of rotatable bonds is 1. The highest BCUT2D eigenvalue weighted by atomic mass is 127. The highest BCUT2D eigenvalue weighted by Gasteiger charge is 2.28. The molecule has 0 amide bonds. The Balaban J connectivity index is 0.000000980. The topological polar surface area (TPSA) is 24.1 Å². The molecule has 1 N–H and O–H groups in total. The summed E-state index contributed by atoms with van der Waals surface area (Å²) in [5.41, 5.74) is 0.271. The van der Waals surface area contributed by atoms with Gasteiger partial charge >= 0.3 is 0 Å². The smallest absolute Gasteiger partial charge is 0.168 e. The van der Waals surface area contributed by atoms with Gasteiger partial charge in [-0.15, -0.1) is 0 Å². The third kappa shape index (κ3) is 2.15. The second kappa shape index (κ2) is 4.40. The van der Waals surface area contributed by atoms with Crippen molar-refractivity contribution in [3.05, 3.63) is 42.2 Å². The Morgan fingerprint density at radius 3 is 2.50 bits per heavy atom. The average Bonchev–Trinajstić information content (AvgIpc) is 2.54. The molecule has 1 aromatic heterocycles. The number of aliphatic hydroxyl groups is 1. The van der Waals surface area contributed by atoms with Gasteiger partial charge in [0.15, 0.2) is 12.4 Å². The van der Waals surface area contributed by atoms with Gasteiger partial charge in [-0.1, -0.05) is 12.2 Å². The van der Waals surface area contributed by atoms with Crippen molar-refractivity contribution in [3.63, 3.8) is 0 Å². The lowest BCUT2D eigenvalue weighted by Crippen LogP contribution is -3.00. The fraction of sp³-hybridized carbons (Fsp3) is 0.364. The molecule has 0 aliphatic heterocycles. The van der Waals surface area contributed by atoms with Crippen molar-refractivity contribution in [2.75, 3.05) is 0 Å². The lowest BCUT2D eigenvalue weighted by molar-refractivity contribution is -0.671. The van der Waals surface area contributed by atoms with Gasteiger partial charge in [-0.05, 0) is 18.4 Å². The van der Waals surface area contributed by atoms with Crippen LogP contribution in [0.25, 0.3) is 0 Å². The first-order valence-corrected chi connectivity index (χ1v) is 4.57. The molecule has 2 nitrogen and oxygen atoms in total. The molecular formula is C11H14INO. The summed E-state index contributed by atoms with van der Waals surface area (Å²) in [5.74, 6) is 0. The first-order valence-electron chi connectivity index (χ1n) is 4.57. The number of pyridine rings is 1. The number of hydrogen-bond acceptors (Lipinski definition) is 1. The first-order chi connectivity index (χ1) is 6.21. The SMILES string of the molecule is C[n+]1ccc(C2(O)C=CCC2)cc1.[I-]. The highest BCUT2D eigenvalue weighted by Crippen LogP contribution is 2.32. The maximum Gasteiger partial charge on any atom is 0.168 e. The monoisotopic (exact) mass is 303 g/mol. The number of hydrogen-bond donors (Lipinski definition) is 1. The zero-order valence-corrected chi connectivity index (χ0v) is 10.3. The van der Waals surface area contributed by atoms with E-state index in [4.69, 9.17) is 0 Å². The van der Waals surface area contributed by atoms with E-state index in [0.717, 1.165) is 18.4 Å². The molecule has 0 bridgehead atoms. The summed E-state index contributed by atoms with van der Waals surface area (Å²) >= 11 is 0. The van der Waals surface area contributed by atoms with Crippen LogP contribution in [0, 0.1) is 0 Å². The Morgan fingerprint density at radius 1 is 1.36 bits per heavy atom. The van der Waals surface area contributed by atoms with Crippen LogP contribution in [-0.2, 0) is 12.6 Å². The summed E-state index contributed by atoms with van der Waals surface area (Å²) < 4.78 is 1.96. The molecule has 76 valence electrons. The zero-order valence-electron chi connectivity index (χ0n) is 8.15. The molecule has 1 heterocycles. The van der Waals surface area contributed by atoms with Gasteiger partial charge in [0.2, 0.25) is 0 Å². The summed E-state index contributed by atoms with van der Waals surface area (Å²) in [5, 5.41) is 10.2. The van der Waals surface area contributed by atoms with Crippen molar-refractivity contribution in [3.8, 4) is 0 Å². The van der Waals surface area contributed by atoms with E-state index < -0.39 is 5.60 Å². The summed E-state index contributed by atoms with van der Waals surface area (Å²) in [6.07, 6.45) is 9.62. The van der Waals surface area contributed by atoms with E-state index in [2.05, 4.69) is 0 Å². The molecule has 1 aliphatic carbocycles. The lowest BCUT2D eigenvalue weighted by Gasteiger charge is -2.19. The third-order valence-corrected chi connectivity index (χ3v) is 2.56. The van der Waals surface area contributed by atoms with E-state index in [-0.39, 0.29) is 24.0 Å². The van der Waals surface area contributed by atoms with Crippen LogP contribution in [0.3, 0.4) is 0 Å². The van der Waals surface area contributed by atoms with E-state index in [1.54, 1.807) is 0 Å². The molecule has 1 aliphatic rings. The van der Waals surface area contributed by atoms with Gasteiger partial charge in [-0.3, -0.25) is 0 Å². The van der Waals surface area contributed by atoms with Gasteiger partial charge < -0.3 is 29.1 Å². The van der Waals surface area contributed by atoms with Gasteiger partial charge in [-0.2, -0.15) is 0 Å². The Morgan fingerprint density at radius 2 is 2.00 bits per heavy atom. The molecule has 0 radical (unpaired) electrons. The molecule has 0 saturated heterocycles. The van der Waals surface area contributed by atoms with E-state index in [9.17, 15) is 5.11 Å². The second-order valence-electron chi connectivity index (χ2n) is 3.62.